The molecule has 4 rings (SSSR count). The fourth-order valence-electron chi connectivity index (χ4n) is 4.24. The summed E-state index contributed by atoms with van der Waals surface area (Å²) >= 11 is 0. The molecule has 0 aliphatic carbocycles. The lowest BCUT2D eigenvalue weighted by atomic mass is 10.0. The summed E-state index contributed by atoms with van der Waals surface area (Å²) in [5.41, 5.74) is 3.01. The van der Waals surface area contributed by atoms with Gasteiger partial charge in [-0.2, -0.15) is 0 Å². The van der Waals surface area contributed by atoms with E-state index in [9.17, 15) is 9.59 Å². The molecule has 2 aromatic carbocycles. The van der Waals surface area contributed by atoms with E-state index in [1.165, 1.54) is 5.56 Å². The second kappa shape index (κ2) is 8.15. The van der Waals surface area contributed by atoms with E-state index in [0.29, 0.717) is 5.56 Å². The highest BCUT2D eigenvalue weighted by atomic mass is 16.2. The standard InChI is InChI=1S/C23H27N3O2/c1-17(23(28)26-16-11-18-7-5-6-10-21(18)26)25-14-12-20(13-15-25)24-22(27)19-8-3-2-4-9-19/h2-10,17,20H,11-16H2,1H3,(H,24,27). The van der Waals surface area contributed by atoms with E-state index in [2.05, 4.69) is 16.3 Å². The number of carbonyl (C=O) groups is 2. The van der Waals surface area contributed by atoms with Gasteiger partial charge in [-0.3, -0.25) is 14.5 Å². The molecule has 0 aromatic heterocycles. The summed E-state index contributed by atoms with van der Waals surface area (Å²) in [6, 6.07) is 17.5. The normalized spacial score (nSPS) is 18.5. The number of carbonyl (C=O) groups excluding carboxylic acids is 2. The molecule has 0 saturated carbocycles. The number of fused-ring (bicyclic) bond motifs is 1. The Labute approximate surface area is 166 Å². The van der Waals surface area contributed by atoms with Crippen LogP contribution in [0.2, 0.25) is 0 Å². The average molecular weight is 377 g/mol. The predicted molar refractivity (Wildman–Crippen MR) is 110 cm³/mol. The average Bonchev–Trinajstić information content (AvgIpc) is 3.18. The Morgan fingerprint density at radius 1 is 0.964 bits per heavy atom. The molecule has 1 atom stereocenters. The zero-order valence-corrected chi connectivity index (χ0v) is 16.3. The molecule has 1 fully saturated rings. The van der Waals surface area contributed by atoms with E-state index in [-0.39, 0.29) is 23.9 Å². The molecule has 2 amide bonds. The van der Waals surface area contributed by atoms with Crippen molar-refractivity contribution in [2.75, 3.05) is 24.5 Å². The molecule has 0 radical (unpaired) electrons. The van der Waals surface area contributed by atoms with E-state index in [1.54, 1.807) is 0 Å². The van der Waals surface area contributed by atoms with Crippen LogP contribution in [0.5, 0.6) is 0 Å². The minimum atomic E-state index is -0.142. The molecule has 146 valence electrons. The molecule has 2 heterocycles. The van der Waals surface area contributed by atoms with Crippen LogP contribution in [0, 0.1) is 0 Å². The largest absolute Gasteiger partial charge is 0.349 e. The number of hydrogen-bond donors (Lipinski definition) is 1. The van der Waals surface area contributed by atoms with Gasteiger partial charge in [0.05, 0.1) is 6.04 Å². The third-order valence-electron chi connectivity index (χ3n) is 5.96. The lowest BCUT2D eigenvalue weighted by molar-refractivity contribution is -0.123. The molecular weight excluding hydrogens is 350 g/mol. The summed E-state index contributed by atoms with van der Waals surface area (Å²) < 4.78 is 0. The van der Waals surface area contributed by atoms with Crippen molar-refractivity contribution in [2.24, 2.45) is 0 Å². The zero-order chi connectivity index (χ0) is 19.5. The molecule has 28 heavy (non-hydrogen) atoms. The van der Waals surface area contributed by atoms with Crippen molar-refractivity contribution in [1.29, 1.82) is 0 Å². The van der Waals surface area contributed by atoms with Crippen LogP contribution < -0.4 is 10.2 Å². The minimum absolute atomic E-state index is 0.0168. The van der Waals surface area contributed by atoms with Crippen molar-refractivity contribution < 1.29 is 9.59 Å². The zero-order valence-electron chi connectivity index (χ0n) is 16.3. The number of amides is 2. The molecule has 2 aromatic rings. The highest BCUT2D eigenvalue weighted by molar-refractivity contribution is 5.98. The van der Waals surface area contributed by atoms with Crippen LogP contribution in [0.1, 0.15) is 35.7 Å². The second-order valence-electron chi connectivity index (χ2n) is 7.69. The van der Waals surface area contributed by atoms with Gasteiger partial charge < -0.3 is 10.2 Å². The number of rotatable bonds is 4. The summed E-state index contributed by atoms with van der Waals surface area (Å²) in [7, 11) is 0. The summed E-state index contributed by atoms with van der Waals surface area (Å²) in [5, 5.41) is 3.13. The van der Waals surface area contributed by atoms with Crippen molar-refractivity contribution in [1.82, 2.24) is 10.2 Å². The number of benzene rings is 2. The highest BCUT2D eigenvalue weighted by Gasteiger charge is 2.32. The Bertz CT molecular complexity index is 844. The van der Waals surface area contributed by atoms with Crippen molar-refractivity contribution in [3.05, 3.63) is 65.7 Å². The Hall–Kier alpha value is -2.66. The topological polar surface area (TPSA) is 52.7 Å². The molecule has 1 N–H and O–H groups in total. The number of para-hydroxylation sites is 1. The third kappa shape index (κ3) is 3.80. The van der Waals surface area contributed by atoms with Crippen molar-refractivity contribution in [3.63, 3.8) is 0 Å². The molecule has 5 nitrogen and oxygen atoms in total. The van der Waals surface area contributed by atoms with Crippen LogP contribution in [0.3, 0.4) is 0 Å². The van der Waals surface area contributed by atoms with E-state index >= 15 is 0 Å². The maximum absolute atomic E-state index is 13.1. The van der Waals surface area contributed by atoms with Gasteiger partial charge in [0, 0.05) is 36.9 Å². The van der Waals surface area contributed by atoms with Crippen molar-refractivity contribution >= 4 is 17.5 Å². The third-order valence-corrected chi connectivity index (χ3v) is 5.96. The van der Waals surface area contributed by atoms with Crippen LogP contribution in [0.25, 0.3) is 0 Å². The molecule has 2 aliphatic rings. The number of nitrogens with zero attached hydrogens (tertiary/aromatic N) is 2. The Morgan fingerprint density at radius 2 is 1.64 bits per heavy atom. The summed E-state index contributed by atoms with van der Waals surface area (Å²) in [5.74, 6) is 0.161. The quantitative estimate of drug-likeness (QED) is 0.891. The molecule has 5 heteroatoms. The summed E-state index contributed by atoms with van der Waals surface area (Å²) in [4.78, 5) is 29.6. The Balaban J connectivity index is 1.31. The maximum Gasteiger partial charge on any atom is 0.251 e. The van der Waals surface area contributed by atoms with Gasteiger partial charge in [-0.05, 0) is 49.9 Å². The van der Waals surface area contributed by atoms with E-state index in [1.807, 2.05) is 60.4 Å². The minimum Gasteiger partial charge on any atom is -0.349 e. The number of anilines is 1. The molecular formula is C23H27N3O2. The summed E-state index contributed by atoms with van der Waals surface area (Å²) in [6.07, 6.45) is 2.67. The van der Waals surface area contributed by atoms with E-state index in [4.69, 9.17) is 0 Å². The maximum atomic E-state index is 13.1. The van der Waals surface area contributed by atoms with Gasteiger partial charge in [-0.25, -0.2) is 0 Å². The smallest absolute Gasteiger partial charge is 0.251 e. The van der Waals surface area contributed by atoms with Gasteiger partial charge in [0.15, 0.2) is 0 Å². The highest BCUT2D eigenvalue weighted by Crippen LogP contribution is 2.29. The van der Waals surface area contributed by atoms with Gasteiger partial charge in [-0.15, -0.1) is 0 Å². The van der Waals surface area contributed by atoms with Crippen LogP contribution in [-0.4, -0.2) is 48.4 Å². The number of hydrogen-bond acceptors (Lipinski definition) is 3. The fraction of sp³-hybridized carbons (Fsp3) is 0.391. The van der Waals surface area contributed by atoms with Crippen LogP contribution in [-0.2, 0) is 11.2 Å². The molecule has 1 saturated heterocycles. The van der Waals surface area contributed by atoms with Crippen LogP contribution >= 0.6 is 0 Å². The first kappa shape index (κ1) is 18.7. The lowest BCUT2D eigenvalue weighted by Crippen LogP contribution is -2.52. The van der Waals surface area contributed by atoms with Gasteiger partial charge in [0.2, 0.25) is 5.91 Å². The number of likely N-dealkylation sites (tertiary alicyclic amines) is 1. The van der Waals surface area contributed by atoms with Crippen molar-refractivity contribution in [3.8, 4) is 0 Å². The Kier molecular flexibility index (Phi) is 5.44. The van der Waals surface area contributed by atoms with Gasteiger partial charge >= 0.3 is 0 Å². The monoisotopic (exact) mass is 377 g/mol. The second-order valence-corrected chi connectivity index (χ2v) is 7.69. The van der Waals surface area contributed by atoms with Crippen molar-refractivity contribution in [2.45, 2.75) is 38.3 Å². The fourth-order valence-corrected chi connectivity index (χ4v) is 4.24. The summed E-state index contributed by atoms with van der Waals surface area (Å²) in [6.45, 7) is 4.42. The van der Waals surface area contributed by atoms with Gasteiger partial charge in [-0.1, -0.05) is 36.4 Å². The van der Waals surface area contributed by atoms with Gasteiger partial charge in [0.1, 0.15) is 0 Å². The molecule has 0 spiro atoms. The number of nitrogens with one attached hydrogen (secondary N) is 1. The molecule has 1 unspecified atom stereocenters. The first-order valence-electron chi connectivity index (χ1n) is 10.1. The lowest BCUT2D eigenvalue weighted by Gasteiger charge is -2.37. The molecule has 2 aliphatic heterocycles. The number of piperidine rings is 1. The van der Waals surface area contributed by atoms with E-state index in [0.717, 1.165) is 44.6 Å². The van der Waals surface area contributed by atoms with Gasteiger partial charge in [0.25, 0.3) is 5.91 Å². The first-order valence-corrected chi connectivity index (χ1v) is 10.1. The van der Waals surface area contributed by atoms with E-state index < -0.39 is 0 Å². The SMILES string of the molecule is CC(C(=O)N1CCc2ccccc21)N1CCC(NC(=O)c2ccccc2)CC1. The first-order chi connectivity index (χ1) is 13.6. The Morgan fingerprint density at radius 3 is 2.39 bits per heavy atom. The van der Waals surface area contributed by atoms with Crippen LogP contribution in [0.15, 0.2) is 54.6 Å². The molecule has 0 bridgehead atoms. The van der Waals surface area contributed by atoms with Crippen LogP contribution in [0.4, 0.5) is 5.69 Å². The predicted octanol–water partition coefficient (Wildman–Crippen LogP) is 2.86.